The lowest BCUT2D eigenvalue weighted by atomic mass is 10.0. The first-order chi connectivity index (χ1) is 10.2. The maximum absolute atomic E-state index is 5.13. The summed E-state index contributed by atoms with van der Waals surface area (Å²) >= 11 is 1.74. The summed E-state index contributed by atoms with van der Waals surface area (Å²) in [5, 5.41) is 9.41. The average molecular weight is 304 g/mol. The molecule has 1 aliphatic rings. The monoisotopic (exact) mass is 304 g/mol. The highest BCUT2D eigenvalue weighted by molar-refractivity contribution is 7.99. The number of ether oxygens (including phenoxy) is 1. The largest absolute Gasteiger partial charge is 0.384 e. The van der Waals surface area contributed by atoms with Crippen LogP contribution in [0.4, 0.5) is 0 Å². The lowest BCUT2D eigenvalue weighted by Gasteiger charge is -2.27. The van der Waals surface area contributed by atoms with Crippen LogP contribution in [0.25, 0.3) is 0 Å². The number of aryl methyl sites for hydroxylation is 2. The fourth-order valence-electron chi connectivity index (χ4n) is 2.61. The van der Waals surface area contributed by atoms with E-state index in [9.17, 15) is 0 Å². The van der Waals surface area contributed by atoms with Crippen molar-refractivity contribution in [2.24, 2.45) is 0 Å². The van der Waals surface area contributed by atoms with Gasteiger partial charge in [-0.05, 0) is 25.0 Å². The van der Waals surface area contributed by atoms with Crippen molar-refractivity contribution in [3.63, 3.8) is 0 Å². The first-order valence-corrected chi connectivity index (χ1v) is 8.07. The smallest absolute Gasteiger partial charge is 0.210 e. The summed E-state index contributed by atoms with van der Waals surface area (Å²) in [4.78, 5) is 0. The average Bonchev–Trinajstić information content (AvgIpc) is 2.87. The first kappa shape index (κ1) is 14.4. The predicted octanol–water partition coefficient (Wildman–Crippen LogP) is 2.47. The van der Waals surface area contributed by atoms with Crippen LogP contribution in [0.15, 0.2) is 23.4 Å². The number of nitrogens with zero attached hydrogens (tertiary/aromatic N) is 3. The van der Waals surface area contributed by atoms with E-state index in [1.54, 1.807) is 18.9 Å². The first-order valence-electron chi connectivity index (χ1n) is 7.08. The Labute approximate surface area is 129 Å². The Hall–Kier alpha value is -1.53. The highest BCUT2D eigenvalue weighted by Gasteiger charge is 2.24. The van der Waals surface area contributed by atoms with Crippen LogP contribution >= 0.6 is 11.8 Å². The van der Waals surface area contributed by atoms with Crippen molar-refractivity contribution >= 4 is 11.8 Å². The number of hydrogen-bond acceptors (Lipinski definition) is 5. The SMILES string of the molecule is COCCc1nnc2n1NC(c1ccc(C)cc1C)CS2. The maximum atomic E-state index is 5.13. The van der Waals surface area contributed by atoms with Crippen molar-refractivity contribution in [3.05, 3.63) is 40.7 Å². The normalized spacial score (nSPS) is 17.4. The van der Waals surface area contributed by atoms with Crippen molar-refractivity contribution in [2.45, 2.75) is 31.5 Å². The molecule has 1 aromatic heterocycles. The Bertz CT molecular complexity index is 641. The molecule has 0 spiro atoms. The number of aromatic nitrogens is 3. The van der Waals surface area contributed by atoms with Crippen LogP contribution < -0.4 is 5.43 Å². The maximum Gasteiger partial charge on any atom is 0.210 e. The molecule has 0 fully saturated rings. The van der Waals surface area contributed by atoms with Crippen LogP contribution in [-0.2, 0) is 11.2 Å². The molecule has 3 rings (SSSR count). The molecule has 0 aliphatic carbocycles. The van der Waals surface area contributed by atoms with Gasteiger partial charge in [-0.3, -0.25) is 0 Å². The van der Waals surface area contributed by atoms with Gasteiger partial charge in [0, 0.05) is 19.3 Å². The molecular weight excluding hydrogens is 284 g/mol. The molecule has 112 valence electrons. The Morgan fingerprint density at radius 1 is 1.38 bits per heavy atom. The molecule has 5 nitrogen and oxygen atoms in total. The van der Waals surface area contributed by atoms with E-state index in [1.165, 1.54) is 16.7 Å². The van der Waals surface area contributed by atoms with Gasteiger partial charge in [0.15, 0.2) is 5.82 Å². The van der Waals surface area contributed by atoms with Gasteiger partial charge >= 0.3 is 0 Å². The Balaban J connectivity index is 1.84. The minimum atomic E-state index is 0.278. The Morgan fingerprint density at radius 3 is 3.00 bits per heavy atom. The molecule has 0 bridgehead atoms. The molecule has 1 N–H and O–H groups in total. The number of hydrogen-bond donors (Lipinski definition) is 1. The van der Waals surface area contributed by atoms with Crippen LogP contribution in [0, 0.1) is 13.8 Å². The van der Waals surface area contributed by atoms with E-state index >= 15 is 0 Å². The van der Waals surface area contributed by atoms with Gasteiger partial charge in [0.2, 0.25) is 5.16 Å². The predicted molar refractivity (Wildman–Crippen MR) is 84.3 cm³/mol. The second-order valence-electron chi connectivity index (χ2n) is 5.33. The van der Waals surface area contributed by atoms with E-state index in [-0.39, 0.29) is 6.04 Å². The molecule has 0 saturated heterocycles. The van der Waals surface area contributed by atoms with E-state index in [0.29, 0.717) is 6.61 Å². The zero-order chi connectivity index (χ0) is 14.8. The van der Waals surface area contributed by atoms with Crippen LogP contribution in [0.3, 0.4) is 0 Å². The van der Waals surface area contributed by atoms with Gasteiger partial charge in [0.25, 0.3) is 0 Å². The lowest BCUT2D eigenvalue weighted by Crippen LogP contribution is -2.30. The number of benzene rings is 1. The van der Waals surface area contributed by atoms with Crippen molar-refractivity contribution in [3.8, 4) is 0 Å². The minimum absolute atomic E-state index is 0.278. The van der Waals surface area contributed by atoms with Gasteiger partial charge < -0.3 is 10.2 Å². The molecule has 0 amide bonds. The number of fused-ring (bicyclic) bond motifs is 1. The van der Waals surface area contributed by atoms with Gasteiger partial charge in [-0.15, -0.1) is 10.2 Å². The highest BCUT2D eigenvalue weighted by Crippen LogP contribution is 2.31. The minimum Gasteiger partial charge on any atom is -0.384 e. The fraction of sp³-hybridized carbons (Fsp3) is 0.467. The summed E-state index contributed by atoms with van der Waals surface area (Å²) in [6.45, 7) is 4.95. The summed E-state index contributed by atoms with van der Waals surface area (Å²) in [7, 11) is 1.70. The molecule has 1 aromatic carbocycles. The zero-order valence-electron chi connectivity index (χ0n) is 12.6. The summed E-state index contributed by atoms with van der Waals surface area (Å²) in [5.74, 6) is 1.89. The van der Waals surface area contributed by atoms with Crippen molar-refractivity contribution in [2.75, 3.05) is 24.9 Å². The van der Waals surface area contributed by atoms with Crippen molar-refractivity contribution < 1.29 is 4.74 Å². The summed E-state index contributed by atoms with van der Waals surface area (Å²) in [5.41, 5.74) is 7.50. The standard InChI is InChI=1S/C15H20N4OS/c1-10-4-5-12(11(2)8-10)13-9-21-15-17-16-14(6-7-20-3)19(15)18-13/h4-5,8,13,18H,6-7,9H2,1-3H3. The van der Waals surface area contributed by atoms with E-state index in [0.717, 1.165) is 23.2 Å². The summed E-state index contributed by atoms with van der Waals surface area (Å²) in [6, 6.07) is 6.89. The fourth-order valence-corrected chi connectivity index (χ4v) is 3.56. The second-order valence-corrected chi connectivity index (χ2v) is 6.32. The Kier molecular flexibility index (Phi) is 4.17. The molecule has 1 atom stereocenters. The quantitative estimate of drug-likeness (QED) is 0.940. The molecule has 0 radical (unpaired) electrons. The van der Waals surface area contributed by atoms with E-state index < -0.39 is 0 Å². The van der Waals surface area contributed by atoms with Gasteiger partial charge in [-0.1, -0.05) is 35.5 Å². The van der Waals surface area contributed by atoms with Gasteiger partial charge in [0.1, 0.15) is 0 Å². The Morgan fingerprint density at radius 2 is 2.24 bits per heavy atom. The van der Waals surface area contributed by atoms with Gasteiger partial charge in [-0.25, -0.2) is 4.68 Å². The highest BCUT2D eigenvalue weighted by atomic mass is 32.2. The molecule has 1 unspecified atom stereocenters. The molecule has 1 aliphatic heterocycles. The van der Waals surface area contributed by atoms with Crippen LogP contribution in [0.5, 0.6) is 0 Å². The number of thioether (sulfide) groups is 1. The van der Waals surface area contributed by atoms with Gasteiger partial charge in [-0.2, -0.15) is 0 Å². The molecular formula is C15H20N4OS. The molecule has 0 saturated carbocycles. The summed E-state index contributed by atoms with van der Waals surface area (Å²) in [6.07, 6.45) is 0.761. The zero-order valence-corrected chi connectivity index (χ0v) is 13.4. The molecule has 2 aromatic rings. The van der Waals surface area contributed by atoms with Crippen molar-refractivity contribution in [1.82, 2.24) is 14.9 Å². The van der Waals surface area contributed by atoms with Crippen LogP contribution in [0.1, 0.15) is 28.6 Å². The third kappa shape index (κ3) is 2.91. The third-order valence-electron chi connectivity index (χ3n) is 3.69. The lowest BCUT2D eigenvalue weighted by molar-refractivity contribution is 0.199. The molecule has 6 heteroatoms. The van der Waals surface area contributed by atoms with E-state index in [2.05, 4.69) is 47.7 Å². The number of nitrogens with one attached hydrogen (secondary N) is 1. The van der Waals surface area contributed by atoms with E-state index in [1.807, 2.05) is 4.68 Å². The van der Waals surface area contributed by atoms with Crippen LogP contribution in [0.2, 0.25) is 0 Å². The molecule has 2 heterocycles. The van der Waals surface area contributed by atoms with E-state index in [4.69, 9.17) is 4.74 Å². The third-order valence-corrected chi connectivity index (χ3v) is 4.72. The number of methoxy groups -OCH3 is 1. The summed E-state index contributed by atoms with van der Waals surface area (Å²) < 4.78 is 7.15. The molecule has 21 heavy (non-hydrogen) atoms. The van der Waals surface area contributed by atoms with Crippen molar-refractivity contribution in [1.29, 1.82) is 0 Å². The van der Waals surface area contributed by atoms with Crippen LogP contribution in [-0.4, -0.2) is 34.3 Å². The number of rotatable bonds is 4. The topological polar surface area (TPSA) is 52.0 Å². The second kappa shape index (κ2) is 6.07. The van der Waals surface area contributed by atoms with Gasteiger partial charge in [0.05, 0.1) is 12.6 Å².